The van der Waals surface area contributed by atoms with Gasteiger partial charge in [0.15, 0.2) is 11.5 Å². The quantitative estimate of drug-likeness (QED) is 0.563. The Morgan fingerprint density at radius 2 is 1.72 bits per heavy atom. The number of anilines is 1. The predicted molar refractivity (Wildman–Crippen MR) is 132 cm³/mol. The molecule has 0 aliphatic carbocycles. The number of rotatable bonds is 8. The largest absolute Gasteiger partial charge is 0.497 e. The molecule has 9 heteroatoms. The highest BCUT2D eigenvalue weighted by molar-refractivity contribution is 5.99. The average Bonchev–Trinajstić information content (AvgIpc) is 3.55. The zero-order valence-electron chi connectivity index (χ0n) is 20.9. The molecule has 1 spiro atoms. The Morgan fingerprint density at radius 3 is 2.31 bits per heavy atom. The predicted octanol–water partition coefficient (Wildman–Crippen LogP) is 3.20. The van der Waals surface area contributed by atoms with Crippen LogP contribution in [0, 0.1) is 11.8 Å². The zero-order chi connectivity index (χ0) is 25.6. The first-order valence-electron chi connectivity index (χ1n) is 11.8. The lowest BCUT2D eigenvalue weighted by atomic mass is 9.76. The number of carbonyl (C=O) groups is 2. The van der Waals surface area contributed by atoms with E-state index in [1.54, 1.807) is 24.1 Å². The molecular formula is C27H30N2O7. The van der Waals surface area contributed by atoms with Gasteiger partial charge in [0.05, 0.1) is 59.0 Å². The van der Waals surface area contributed by atoms with Gasteiger partial charge in [-0.3, -0.25) is 9.59 Å². The molecule has 9 nitrogen and oxygen atoms in total. The van der Waals surface area contributed by atoms with Crippen LogP contribution in [0.1, 0.15) is 18.5 Å². The van der Waals surface area contributed by atoms with E-state index in [-0.39, 0.29) is 17.9 Å². The Bertz CT molecular complexity index is 1190. The molecule has 36 heavy (non-hydrogen) atoms. The van der Waals surface area contributed by atoms with Crippen LogP contribution in [0.25, 0.3) is 0 Å². The lowest BCUT2D eigenvalue weighted by Gasteiger charge is -2.28. The smallest absolute Gasteiger partial charge is 0.231 e. The maximum atomic E-state index is 13.7. The number of carbonyl (C=O) groups excluding carboxylic acids is 2. The highest BCUT2D eigenvalue weighted by atomic mass is 16.5. The summed E-state index contributed by atoms with van der Waals surface area (Å²) in [5.41, 5.74) is 0.654. The molecule has 5 rings (SSSR count). The molecule has 5 atom stereocenters. The number of ether oxygens (including phenoxy) is 5. The molecule has 1 N–H and O–H groups in total. The van der Waals surface area contributed by atoms with Gasteiger partial charge in [-0.15, -0.1) is 0 Å². The lowest BCUT2D eigenvalue weighted by molar-refractivity contribution is -0.137. The van der Waals surface area contributed by atoms with E-state index < -0.39 is 23.5 Å². The topological polar surface area (TPSA) is 95.6 Å². The van der Waals surface area contributed by atoms with Crippen LogP contribution in [0.2, 0.25) is 0 Å². The SMILES string of the molecule is COc1ccc([C@H](C)N2C[C@@]34C=C[C@@H](O3)[C@H](C(=O)Nc3cc(OC)c(OC)c(OC)c3)[C@H]4C2=O)cc1. The number of nitrogens with zero attached hydrogens (tertiary/aromatic N) is 1. The summed E-state index contributed by atoms with van der Waals surface area (Å²) in [6.45, 7) is 2.38. The number of fused-ring (bicyclic) bond motifs is 1. The fourth-order valence-electron chi connectivity index (χ4n) is 5.60. The third-order valence-electron chi connectivity index (χ3n) is 7.43. The maximum Gasteiger partial charge on any atom is 0.231 e. The summed E-state index contributed by atoms with van der Waals surface area (Å²) in [6, 6.07) is 10.8. The summed E-state index contributed by atoms with van der Waals surface area (Å²) in [7, 11) is 6.15. The van der Waals surface area contributed by atoms with E-state index in [0.717, 1.165) is 11.3 Å². The molecule has 2 bridgehead atoms. The monoisotopic (exact) mass is 494 g/mol. The molecule has 2 fully saturated rings. The van der Waals surface area contributed by atoms with E-state index in [1.165, 1.54) is 21.3 Å². The van der Waals surface area contributed by atoms with Crippen molar-refractivity contribution in [2.24, 2.45) is 11.8 Å². The number of methoxy groups -OCH3 is 4. The highest BCUT2D eigenvalue weighted by Crippen LogP contribution is 2.53. The number of benzene rings is 2. The van der Waals surface area contributed by atoms with Crippen LogP contribution in [0.5, 0.6) is 23.0 Å². The second-order valence-electron chi connectivity index (χ2n) is 9.22. The van der Waals surface area contributed by atoms with Crippen LogP contribution in [-0.2, 0) is 14.3 Å². The molecule has 3 aliphatic rings. The van der Waals surface area contributed by atoms with Crippen LogP contribution < -0.4 is 24.3 Å². The molecule has 2 amide bonds. The van der Waals surface area contributed by atoms with E-state index >= 15 is 0 Å². The van der Waals surface area contributed by atoms with Gasteiger partial charge in [-0.05, 0) is 24.6 Å². The third kappa shape index (κ3) is 3.65. The molecule has 2 aromatic carbocycles. The van der Waals surface area contributed by atoms with Gasteiger partial charge in [0.2, 0.25) is 17.6 Å². The second kappa shape index (κ2) is 9.05. The van der Waals surface area contributed by atoms with Crippen molar-refractivity contribution in [1.29, 1.82) is 0 Å². The van der Waals surface area contributed by atoms with Crippen molar-refractivity contribution in [2.45, 2.75) is 24.7 Å². The van der Waals surface area contributed by atoms with Gasteiger partial charge in [-0.25, -0.2) is 0 Å². The number of hydrogen-bond acceptors (Lipinski definition) is 7. The van der Waals surface area contributed by atoms with Crippen molar-refractivity contribution < 1.29 is 33.3 Å². The van der Waals surface area contributed by atoms with Crippen LogP contribution in [0.3, 0.4) is 0 Å². The molecule has 3 aliphatic heterocycles. The van der Waals surface area contributed by atoms with Crippen molar-refractivity contribution in [3.05, 3.63) is 54.1 Å². The van der Waals surface area contributed by atoms with E-state index in [9.17, 15) is 9.59 Å². The molecule has 0 unspecified atom stereocenters. The molecule has 0 aromatic heterocycles. The summed E-state index contributed by atoms with van der Waals surface area (Å²) in [4.78, 5) is 29.1. The molecule has 0 saturated carbocycles. The number of amides is 2. The van der Waals surface area contributed by atoms with Gasteiger partial charge in [-0.1, -0.05) is 24.3 Å². The Kier molecular flexibility index (Phi) is 6.04. The Balaban J connectivity index is 1.39. The van der Waals surface area contributed by atoms with Crippen LogP contribution in [-0.4, -0.2) is 63.4 Å². The molecule has 0 radical (unpaired) electrons. The van der Waals surface area contributed by atoms with Gasteiger partial charge >= 0.3 is 0 Å². The minimum Gasteiger partial charge on any atom is -0.497 e. The Labute approximate surface area is 209 Å². The fourth-order valence-corrected chi connectivity index (χ4v) is 5.60. The second-order valence-corrected chi connectivity index (χ2v) is 9.22. The first-order valence-corrected chi connectivity index (χ1v) is 11.8. The summed E-state index contributed by atoms with van der Waals surface area (Å²) >= 11 is 0. The van der Waals surface area contributed by atoms with E-state index in [4.69, 9.17) is 23.7 Å². The summed E-state index contributed by atoms with van der Waals surface area (Å²) in [5.74, 6) is 0.381. The standard InChI is InChI=1S/C27H30N2O7/c1-15(16-6-8-18(32-2)9-7-16)29-14-27-11-10-19(36-27)22(23(27)26(29)31)25(30)28-17-12-20(33-3)24(35-5)21(13-17)34-4/h6-13,15,19,22-23H,14H2,1-5H3,(H,28,30)/t15-,19+,22-,23-,27+/m0/s1. The van der Waals surface area contributed by atoms with Gasteiger partial charge in [0.25, 0.3) is 0 Å². The summed E-state index contributed by atoms with van der Waals surface area (Å²) < 4.78 is 27.7. The lowest BCUT2D eigenvalue weighted by Crippen LogP contribution is -2.41. The Morgan fingerprint density at radius 1 is 1.06 bits per heavy atom. The van der Waals surface area contributed by atoms with Crippen molar-refractivity contribution >= 4 is 17.5 Å². The normalized spacial score (nSPS) is 26.5. The zero-order valence-corrected chi connectivity index (χ0v) is 20.9. The van der Waals surface area contributed by atoms with Gasteiger partial charge in [0, 0.05) is 17.8 Å². The highest BCUT2D eigenvalue weighted by Gasteiger charge is 2.67. The van der Waals surface area contributed by atoms with Gasteiger partial charge in [-0.2, -0.15) is 0 Å². The van der Waals surface area contributed by atoms with Crippen molar-refractivity contribution in [1.82, 2.24) is 4.90 Å². The minimum atomic E-state index is -0.806. The Hall–Kier alpha value is -3.72. The first kappa shape index (κ1) is 24.0. The number of likely N-dealkylation sites (tertiary alicyclic amines) is 1. The summed E-state index contributed by atoms with van der Waals surface area (Å²) in [6.07, 6.45) is 3.38. The van der Waals surface area contributed by atoms with Gasteiger partial charge < -0.3 is 33.9 Å². The molecular weight excluding hydrogens is 464 g/mol. The molecule has 3 heterocycles. The first-order chi connectivity index (χ1) is 17.4. The number of nitrogens with one attached hydrogen (secondary N) is 1. The van der Waals surface area contributed by atoms with Crippen molar-refractivity contribution in [3.8, 4) is 23.0 Å². The fraction of sp³-hybridized carbons (Fsp3) is 0.407. The minimum absolute atomic E-state index is 0.0878. The average molecular weight is 495 g/mol. The van der Waals surface area contributed by atoms with E-state index in [2.05, 4.69) is 5.32 Å². The van der Waals surface area contributed by atoms with E-state index in [1.807, 2.05) is 43.3 Å². The third-order valence-corrected chi connectivity index (χ3v) is 7.43. The van der Waals surface area contributed by atoms with Crippen molar-refractivity contribution in [3.63, 3.8) is 0 Å². The summed E-state index contributed by atoms with van der Waals surface area (Å²) in [5, 5.41) is 2.93. The van der Waals surface area contributed by atoms with Crippen LogP contribution >= 0.6 is 0 Å². The van der Waals surface area contributed by atoms with Gasteiger partial charge in [0.1, 0.15) is 11.4 Å². The van der Waals surface area contributed by atoms with Crippen LogP contribution in [0.4, 0.5) is 5.69 Å². The maximum absolute atomic E-state index is 13.7. The van der Waals surface area contributed by atoms with Crippen LogP contribution in [0.15, 0.2) is 48.6 Å². The number of hydrogen-bond donors (Lipinski definition) is 1. The van der Waals surface area contributed by atoms with Crippen molar-refractivity contribution in [2.75, 3.05) is 40.3 Å². The van der Waals surface area contributed by atoms with E-state index in [0.29, 0.717) is 29.5 Å². The molecule has 2 aromatic rings. The molecule has 190 valence electrons. The molecule has 2 saturated heterocycles.